The third kappa shape index (κ3) is 5.94. The van der Waals surface area contributed by atoms with Crippen LogP contribution in [0.15, 0.2) is 47.7 Å². The number of benzene rings is 1. The molecule has 2 heterocycles. The molecule has 0 radical (unpaired) electrons. The number of guanidine groups is 1. The standard InChI is InChI=1S/C21H31N7O.HI/c1-5-22-21(23-14-19(25(2)3)17-9-7-6-8-10-17)27-11-12-28(20(29)16-27)18-13-24-26(4)15-18;/h6-10,13,15,19H,5,11-12,14,16H2,1-4H3,(H,22,23);1H. The van der Waals surface area contributed by atoms with E-state index in [-0.39, 0.29) is 35.9 Å². The Balaban J connectivity index is 0.00000320. The van der Waals surface area contributed by atoms with Gasteiger partial charge in [0.15, 0.2) is 5.96 Å². The molecule has 2 aromatic rings. The second kappa shape index (κ2) is 11.3. The number of amides is 1. The molecule has 0 aliphatic carbocycles. The number of aromatic nitrogens is 2. The normalized spacial score (nSPS) is 15.9. The van der Waals surface area contributed by atoms with Crippen LogP contribution in [0.4, 0.5) is 5.69 Å². The molecular weight excluding hydrogens is 493 g/mol. The molecule has 164 valence electrons. The number of piperazine rings is 1. The van der Waals surface area contributed by atoms with Gasteiger partial charge in [-0.05, 0) is 26.6 Å². The summed E-state index contributed by atoms with van der Waals surface area (Å²) in [5.41, 5.74) is 2.07. The zero-order valence-corrected chi connectivity index (χ0v) is 20.5. The van der Waals surface area contributed by atoms with Crippen molar-refractivity contribution in [2.45, 2.75) is 13.0 Å². The van der Waals surface area contributed by atoms with Crippen molar-refractivity contribution in [3.05, 3.63) is 48.3 Å². The first-order valence-electron chi connectivity index (χ1n) is 10.0. The highest BCUT2D eigenvalue weighted by atomic mass is 127. The molecule has 1 aromatic carbocycles. The Morgan fingerprint density at radius 1 is 1.27 bits per heavy atom. The van der Waals surface area contributed by atoms with Crippen LogP contribution in [0.5, 0.6) is 0 Å². The van der Waals surface area contributed by atoms with E-state index in [1.54, 1.807) is 15.8 Å². The molecule has 1 fully saturated rings. The fourth-order valence-corrected chi connectivity index (χ4v) is 3.52. The van der Waals surface area contributed by atoms with E-state index < -0.39 is 0 Å². The number of hydrogen-bond donors (Lipinski definition) is 1. The molecule has 0 saturated carbocycles. The summed E-state index contributed by atoms with van der Waals surface area (Å²) in [4.78, 5) is 23.6. The first-order valence-corrected chi connectivity index (χ1v) is 10.0. The highest BCUT2D eigenvalue weighted by Gasteiger charge is 2.28. The Bertz CT molecular complexity index is 837. The molecule has 1 aliphatic heterocycles. The van der Waals surface area contributed by atoms with E-state index in [1.807, 2.05) is 31.1 Å². The van der Waals surface area contributed by atoms with Crippen LogP contribution in [0.2, 0.25) is 0 Å². The maximum Gasteiger partial charge on any atom is 0.246 e. The van der Waals surface area contributed by atoms with Crippen molar-refractivity contribution < 1.29 is 4.79 Å². The zero-order chi connectivity index (χ0) is 20.8. The topological polar surface area (TPSA) is 69.0 Å². The third-order valence-electron chi connectivity index (χ3n) is 5.08. The van der Waals surface area contributed by atoms with E-state index >= 15 is 0 Å². The first-order chi connectivity index (χ1) is 14.0. The number of aryl methyl sites for hydroxylation is 1. The molecule has 1 aromatic heterocycles. The van der Waals surface area contributed by atoms with Crippen molar-refractivity contribution in [1.29, 1.82) is 0 Å². The van der Waals surface area contributed by atoms with Gasteiger partial charge in [0.05, 0.1) is 24.5 Å². The van der Waals surface area contributed by atoms with E-state index in [0.29, 0.717) is 19.6 Å². The van der Waals surface area contributed by atoms with Crippen LogP contribution in [-0.2, 0) is 11.8 Å². The summed E-state index contributed by atoms with van der Waals surface area (Å²) in [6, 6.07) is 10.6. The Labute approximate surface area is 195 Å². The van der Waals surface area contributed by atoms with Crippen molar-refractivity contribution in [3.8, 4) is 0 Å². The number of carbonyl (C=O) groups is 1. The number of likely N-dealkylation sites (N-methyl/N-ethyl adjacent to an activating group) is 1. The predicted molar refractivity (Wildman–Crippen MR) is 131 cm³/mol. The second-order valence-electron chi connectivity index (χ2n) is 7.42. The molecule has 1 amide bonds. The maximum absolute atomic E-state index is 12.7. The monoisotopic (exact) mass is 525 g/mol. The van der Waals surface area contributed by atoms with Crippen LogP contribution in [0, 0.1) is 0 Å². The van der Waals surface area contributed by atoms with E-state index in [0.717, 1.165) is 24.7 Å². The molecule has 30 heavy (non-hydrogen) atoms. The van der Waals surface area contributed by atoms with Crippen LogP contribution in [-0.4, -0.2) is 78.3 Å². The lowest BCUT2D eigenvalue weighted by atomic mass is 10.1. The SMILES string of the molecule is CCNC(=NCC(c1ccccc1)N(C)C)N1CCN(c2cnn(C)c2)C(=O)C1.I. The number of anilines is 1. The number of hydrogen-bond acceptors (Lipinski definition) is 4. The van der Waals surface area contributed by atoms with Gasteiger partial charge in [-0.1, -0.05) is 30.3 Å². The Morgan fingerprint density at radius 3 is 2.57 bits per heavy atom. The largest absolute Gasteiger partial charge is 0.357 e. The van der Waals surface area contributed by atoms with E-state index in [1.165, 1.54) is 5.56 Å². The number of rotatable bonds is 6. The van der Waals surface area contributed by atoms with Gasteiger partial charge in [-0.3, -0.25) is 14.5 Å². The van der Waals surface area contributed by atoms with Crippen molar-refractivity contribution in [1.82, 2.24) is 24.9 Å². The molecule has 0 spiro atoms. The van der Waals surface area contributed by atoms with Gasteiger partial charge in [0.25, 0.3) is 0 Å². The molecule has 8 nitrogen and oxygen atoms in total. The van der Waals surface area contributed by atoms with E-state index in [4.69, 9.17) is 4.99 Å². The van der Waals surface area contributed by atoms with Crippen LogP contribution < -0.4 is 10.2 Å². The predicted octanol–water partition coefficient (Wildman–Crippen LogP) is 1.96. The van der Waals surface area contributed by atoms with Gasteiger partial charge < -0.3 is 20.0 Å². The highest BCUT2D eigenvalue weighted by Crippen LogP contribution is 2.19. The van der Waals surface area contributed by atoms with Gasteiger partial charge >= 0.3 is 0 Å². The van der Waals surface area contributed by atoms with Gasteiger partial charge in [-0.15, -0.1) is 24.0 Å². The summed E-state index contributed by atoms with van der Waals surface area (Å²) >= 11 is 0. The van der Waals surface area contributed by atoms with Gasteiger partial charge in [-0.2, -0.15) is 5.10 Å². The van der Waals surface area contributed by atoms with Crippen molar-refractivity contribution >= 4 is 41.5 Å². The molecule has 3 rings (SSSR count). The Kier molecular flexibility index (Phi) is 9.09. The number of carbonyl (C=O) groups excluding carboxylic acids is 1. The summed E-state index contributed by atoms with van der Waals surface area (Å²) in [5, 5.41) is 7.52. The molecule has 1 aliphatic rings. The average Bonchev–Trinajstić information content (AvgIpc) is 3.14. The molecule has 1 N–H and O–H groups in total. The van der Waals surface area contributed by atoms with E-state index in [2.05, 4.69) is 53.7 Å². The lowest BCUT2D eigenvalue weighted by molar-refractivity contribution is -0.120. The summed E-state index contributed by atoms with van der Waals surface area (Å²) in [5.74, 6) is 0.844. The van der Waals surface area contributed by atoms with E-state index in [9.17, 15) is 4.79 Å². The first kappa shape index (κ1) is 24.1. The fraction of sp³-hybridized carbons (Fsp3) is 0.476. The molecule has 1 atom stereocenters. The number of aliphatic imine (C=N–C) groups is 1. The van der Waals surface area contributed by atoms with Crippen LogP contribution in [0.3, 0.4) is 0 Å². The minimum absolute atomic E-state index is 0. The molecule has 9 heteroatoms. The number of halogens is 1. The highest BCUT2D eigenvalue weighted by molar-refractivity contribution is 14.0. The second-order valence-corrected chi connectivity index (χ2v) is 7.42. The van der Waals surface area contributed by atoms with Crippen LogP contribution in [0.1, 0.15) is 18.5 Å². The number of nitrogens with zero attached hydrogens (tertiary/aromatic N) is 6. The Morgan fingerprint density at radius 2 is 2.00 bits per heavy atom. The van der Waals surface area contributed by atoms with Gasteiger partial charge in [0, 0.05) is 32.9 Å². The molecule has 1 saturated heterocycles. The van der Waals surface area contributed by atoms with Gasteiger partial charge in [-0.25, -0.2) is 0 Å². The lowest BCUT2D eigenvalue weighted by Gasteiger charge is -2.35. The summed E-state index contributed by atoms with van der Waals surface area (Å²) < 4.78 is 1.71. The summed E-state index contributed by atoms with van der Waals surface area (Å²) in [7, 11) is 5.99. The minimum Gasteiger partial charge on any atom is -0.357 e. The molecular formula is C21H32IN7O. The van der Waals surface area contributed by atoms with Crippen molar-refractivity contribution in [2.24, 2.45) is 12.0 Å². The zero-order valence-electron chi connectivity index (χ0n) is 18.2. The Hall–Kier alpha value is -2.14. The fourth-order valence-electron chi connectivity index (χ4n) is 3.52. The molecule has 1 unspecified atom stereocenters. The summed E-state index contributed by atoms with van der Waals surface area (Å²) in [6.07, 6.45) is 3.60. The summed E-state index contributed by atoms with van der Waals surface area (Å²) in [6.45, 7) is 5.07. The maximum atomic E-state index is 12.7. The molecule has 0 bridgehead atoms. The van der Waals surface area contributed by atoms with Crippen LogP contribution >= 0.6 is 24.0 Å². The number of nitrogens with one attached hydrogen (secondary N) is 1. The smallest absolute Gasteiger partial charge is 0.246 e. The van der Waals surface area contributed by atoms with Gasteiger partial charge in [0.2, 0.25) is 5.91 Å². The third-order valence-corrected chi connectivity index (χ3v) is 5.08. The minimum atomic E-state index is 0. The van der Waals surface area contributed by atoms with Crippen molar-refractivity contribution in [3.63, 3.8) is 0 Å². The van der Waals surface area contributed by atoms with Gasteiger partial charge in [0.1, 0.15) is 6.54 Å². The lowest BCUT2D eigenvalue weighted by Crippen LogP contribution is -2.55. The van der Waals surface area contributed by atoms with Crippen molar-refractivity contribution in [2.75, 3.05) is 51.7 Å². The van der Waals surface area contributed by atoms with Crippen LogP contribution in [0.25, 0.3) is 0 Å². The average molecular weight is 525 g/mol. The quantitative estimate of drug-likeness (QED) is 0.355.